The highest BCUT2D eigenvalue weighted by Crippen LogP contribution is 2.25. The summed E-state index contributed by atoms with van der Waals surface area (Å²) >= 11 is 0. The van der Waals surface area contributed by atoms with Crippen LogP contribution in [0.25, 0.3) is 0 Å². The smallest absolute Gasteiger partial charge is 0.244 e. The number of methoxy groups -OCH3 is 1. The van der Waals surface area contributed by atoms with Crippen LogP contribution in [0, 0.1) is 6.92 Å². The largest absolute Gasteiger partial charge is 0.497 e. The second kappa shape index (κ2) is 9.10. The molecule has 0 fully saturated rings. The molecule has 28 heavy (non-hydrogen) atoms. The molecule has 0 aliphatic carbocycles. The zero-order valence-corrected chi connectivity index (χ0v) is 17.8. The number of hydrogen-bond donors (Lipinski definition) is 1. The molecule has 2 rings (SSSR count). The van der Waals surface area contributed by atoms with Gasteiger partial charge in [0.25, 0.3) is 0 Å². The van der Waals surface area contributed by atoms with E-state index in [4.69, 9.17) is 4.74 Å². The van der Waals surface area contributed by atoms with Crippen LogP contribution in [-0.2, 0) is 14.8 Å². The molecular weight excluding hydrogens is 376 g/mol. The molecule has 0 saturated heterocycles. The Labute approximate surface area is 167 Å². The molecule has 0 aliphatic heterocycles. The quantitative estimate of drug-likeness (QED) is 0.731. The van der Waals surface area contributed by atoms with Crippen molar-refractivity contribution in [2.24, 2.45) is 0 Å². The Bertz CT molecular complexity index is 893. The van der Waals surface area contributed by atoms with E-state index in [9.17, 15) is 13.2 Å². The third-order valence-electron chi connectivity index (χ3n) is 4.59. The lowest BCUT2D eigenvalue weighted by Gasteiger charge is -2.31. The predicted octanol–water partition coefficient (Wildman–Crippen LogP) is 3.43. The number of ether oxygens (including phenoxy) is 1. The first-order valence-electron chi connectivity index (χ1n) is 9.17. The third kappa shape index (κ3) is 5.25. The first-order valence-corrected chi connectivity index (χ1v) is 11.0. The minimum absolute atomic E-state index is 0.237. The number of benzene rings is 2. The minimum atomic E-state index is -3.67. The average Bonchev–Trinajstić information content (AvgIpc) is 2.65. The van der Waals surface area contributed by atoms with Crippen LogP contribution in [0.4, 0.5) is 5.69 Å². The zero-order valence-electron chi connectivity index (χ0n) is 17.0. The van der Waals surface area contributed by atoms with Crippen molar-refractivity contribution in [1.29, 1.82) is 0 Å². The number of amides is 1. The summed E-state index contributed by atoms with van der Waals surface area (Å²) in [7, 11) is -2.13. The van der Waals surface area contributed by atoms with Crippen LogP contribution >= 0.6 is 0 Å². The van der Waals surface area contributed by atoms with Crippen molar-refractivity contribution in [2.75, 3.05) is 17.7 Å². The Morgan fingerprint density at radius 3 is 2.14 bits per heavy atom. The molecule has 0 unspecified atom stereocenters. The molecule has 0 radical (unpaired) electrons. The minimum Gasteiger partial charge on any atom is -0.497 e. The maximum Gasteiger partial charge on any atom is 0.244 e. The highest BCUT2D eigenvalue weighted by Gasteiger charge is 2.32. The normalized spacial score (nSPS) is 13.5. The molecule has 6 nitrogen and oxygen atoms in total. The van der Waals surface area contributed by atoms with E-state index in [1.807, 2.05) is 38.1 Å². The van der Waals surface area contributed by atoms with E-state index in [0.29, 0.717) is 17.9 Å². The van der Waals surface area contributed by atoms with E-state index in [-0.39, 0.29) is 11.9 Å². The molecule has 1 amide bonds. The molecule has 2 aromatic rings. The molecule has 0 bridgehead atoms. The van der Waals surface area contributed by atoms with Crippen molar-refractivity contribution in [3.63, 3.8) is 0 Å². The summed E-state index contributed by atoms with van der Waals surface area (Å²) in [6.07, 6.45) is 1.45. The summed E-state index contributed by atoms with van der Waals surface area (Å²) < 4.78 is 31.3. The monoisotopic (exact) mass is 404 g/mol. The highest BCUT2D eigenvalue weighted by molar-refractivity contribution is 7.92. The number of carbonyl (C=O) groups is 1. The first-order chi connectivity index (χ1) is 13.2. The van der Waals surface area contributed by atoms with Gasteiger partial charge in [0.1, 0.15) is 11.8 Å². The molecule has 0 saturated carbocycles. The highest BCUT2D eigenvalue weighted by atomic mass is 32.2. The molecule has 0 spiro atoms. The number of carbonyl (C=O) groups excluding carboxylic acids is 1. The standard InChI is InChI=1S/C21H28N2O4S/c1-6-20(21(24)22-16(3)17-9-7-15(2)8-10-17)23(28(5,25)26)18-11-13-19(27-4)14-12-18/h7-14,16,20H,6H2,1-5H3,(H,22,24)/t16-,20-/m1/s1. The van der Waals surface area contributed by atoms with Gasteiger partial charge in [0, 0.05) is 0 Å². The fourth-order valence-electron chi connectivity index (χ4n) is 3.04. The Morgan fingerprint density at radius 1 is 1.11 bits per heavy atom. The van der Waals surface area contributed by atoms with Crippen molar-refractivity contribution in [1.82, 2.24) is 5.32 Å². The maximum absolute atomic E-state index is 13.0. The van der Waals surface area contributed by atoms with E-state index >= 15 is 0 Å². The van der Waals surface area contributed by atoms with Crippen molar-refractivity contribution in [2.45, 2.75) is 39.3 Å². The van der Waals surface area contributed by atoms with Crippen LogP contribution < -0.4 is 14.4 Å². The number of aryl methyl sites for hydroxylation is 1. The zero-order chi connectivity index (χ0) is 20.9. The maximum atomic E-state index is 13.0. The fraction of sp³-hybridized carbons (Fsp3) is 0.381. The van der Waals surface area contributed by atoms with Gasteiger partial charge < -0.3 is 10.1 Å². The molecule has 152 valence electrons. The summed E-state index contributed by atoms with van der Waals surface area (Å²) in [4.78, 5) is 13.0. The molecule has 1 N–H and O–H groups in total. The lowest BCUT2D eigenvalue weighted by atomic mass is 10.1. The first kappa shape index (κ1) is 21.8. The molecule has 0 aliphatic rings. The summed E-state index contributed by atoms with van der Waals surface area (Å²) in [5.74, 6) is 0.277. The van der Waals surface area contributed by atoms with Gasteiger partial charge in [0.2, 0.25) is 15.9 Å². The van der Waals surface area contributed by atoms with Crippen LogP contribution in [-0.4, -0.2) is 33.7 Å². The van der Waals surface area contributed by atoms with Crippen LogP contribution in [0.1, 0.15) is 37.4 Å². The number of nitrogens with zero attached hydrogens (tertiary/aromatic N) is 1. The Morgan fingerprint density at radius 2 is 1.68 bits per heavy atom. The van der Waals surface area contributed by atoms with Crippen molar-refractivity contribution in [3.8, 4) is 5.75 Å². The van der Waals surface area contributed by atoms with Gasteiger partial charge >= 0.3 is 0 Å². The fourth-order valence-corrected chi connectivity index (χ4v) is 4.25. The van der Waals surface area contributed by atoms with Crippen molar-refractivity contribution < 1.29 is 17.9 Å². The summed E-state index contributed by atoms with van der Waals surface area (Å²) in [6.45, 7) is 5.68. The predicted molar refractivity (Wildman–Crippen MR) is 112 cm³/mol. The number of sulfonamides is 1. The van der Waals surface area contributed by atoms with Crippen LogP contribution in [0.3, 0.4) is 0 Å². The Hall–Kier alpha value is -2.54. The molecule has 7 heteroatoms. The van der Waals surface area contributed by atoms with Gasteiger partial charge in [-0.3, -0.25) is 9.10 Å². The van der Waals surface area contributed by atoms with Gasteiger partial charge in [-0.25, -0.2) is 8.42 Å². The second-order valence-electron chi connectivity index (χ2n) is 6.82. The van der Waals surface area contributed by atoms with E-state index in [0.717, 1.165) is 17.4 Å². The second-order valence-corrected chi connectivity index (χ2v) is 8.68. The average molecular weight is 405 g/mol. The van der Waals surface area contributed by atoms with Crippen molar-refractivity contribution in [3.05, 3.63) is 59.7 Å². The summed E-state index contributed by atoms with van der Waals surface area (Å²) in [5.41, 5.74) is 2.52. The van der Waals surface area contributed by atoms with Gasteiger partial charge in [-0.1, -0.05) is 36.8 Å². The SMILES string of the molecule is CC[C@H](C(=O)N[C@H](C)c1ccc(C)cc1)N(c1ccc(OC)cc1)S(C)(=O)=O. The van der Waals surface area contributed by atoms with Gasteiger partial charge in [-0.05, 0) is 50.1 Å². The molecule has 0 heterocycles. The lowest BCUT2D eigenvalue weighted by Crippen LogP contribution is -2.49. The van der Waals surface area contributed by atoms with Gasteiger partial charge in [-0.15, -0.1) is 0 Å². The van der Waals surface area contributed by atoms with Crippen LogP contribution in [0.15, 0.2) is 48.5 Å². The lowest BCUT2D eigenvalue weighted by molar-refractivity contribution is -0.122. The number of anilines is 1. The van der Waals surface area contributed by atoms with Gasteiger partial charge in [0.15, 0.2) is 0 Å². The molecular formula is C21H28N2O4S. The Balaban J connectivity index is 2.29. The van der Waals surface area contributed by atoms with Crippen LogP contribution in [0.2, 0.25) is 0 Å². The van der Waals surface area contributed by atoms with Gasteiger partial charge in [0.05, 0.1) is 25.1 Å². The van der Waals surface area contributed by atoms with E-state index in [1.165, 1.54) is 11.4 Å². The van der Waals surface area contributed by atoms with E-state index in [1.54, 1.807) is 31.2 Å². The summed E-state index contributed by atoms with van der Waals surface area (Å²) in [5, 5.41) is 2.94. The molecule has 2 aromatic carbocycles. The third-order valence-corrected chi connectivity index (χ3v) is 5.77. The van der Waals surface area contributed by atoms with E-state index in [2.05, 4.69) is 5.32 Å². The number of nitrogens with one attached hydrogen (secondary N) is 1. The topological polar surface area (TPSA) is 75.7 Å². The Kier molecular flexibility index (Phi) is 7.07. The van der Waals surface area contributed by atoms with Crippen LogP contribution in [0.5, 0.6) is 5.75 Å². The number of rotatable bonds is 8. The van der Waals surface area contributed by atoms with E-state index < -0.39 is 16.1 Å². The summed E-state index contributed by atoms with van der Waals surface area (Å²) in [6, 6.07) is 13.4. The molecule has 2 atom stereocenters. The number of hydrogen-bond acceptors (Lipinski definition) is 4. The van der Waals surface area contributed by atoms with Gasteiger partial charge in [-0.2, -0.15) is 0 Å². The van der Waals surface area contributed by atoms with Crippen molar-refractivity contribution >= 4 is 21.6 Å². The molecule has 0 aromatic heterocycles.